The predicted molar refractivity (Wildman–Crippen MR) is 76.5 cm³/mol. The van der Waals surface area contributed by atoms with Gasteiger partial charge in [0.15, 0.2) is 5.69 Å². The zero-order chi connectivity index (χ0) is 14.3. The molecule has 0 aliphatic carbocycles. The van der Waals surface area contributed by atoms with E-state index >= 15 is 0 Å². The Morgan fingerprint density at radius 1 is 1.35 bits per heavy atom. The number of hydrogen-bond donors (Lipinski definition) is 2. The molecular weight excluding hydrogens is 256 g/mol. The molecule has 0 bridgehead atoms. The van der Waals surface area contributed by atoms with Gasteiger partial charge in [0.2, 0.25) is 0 Å². The van der Waals surface area contributed by atoms with Crippen LogP contribution in [0.4, 0.5) is 0 Å². The van der Waals surface area contributed by atoms with Crippen LogP contribution in [0.5, 0.6) is 5.75 Å². The van der Waals surface area contributed by atoms with Gasteiger partial charge in [0.25, 0.3) is 0 Å². The van der Waals surface area contributed by atoms with Crippen LogP contribution < -0.4 is 4.74 Å². The molecule has 0 amide bonds. The molecule has 3 aromatic rings. The summed E-state index contributed by atoms with van der Waals surface area (Å²) in [5.41, 5.74) is 2.57. The molecule has 0 aliphatic rings. The molecule has 5 nitrogen and oxygen atoms in total. The Labute approximate surface area is 115 Å². The van der Waals surface area contributed by atoms with Crippen LogP contribution in [0.25, 0.3) is 21.8 Å². The van der Waals surface area contributed by atoms with Crippen LogP contribution in [0.1, 0.15) is 23.0 Å². The maximum Gasteiger partial charge on any atom is 0.354 e. The molecule has 5 heteroatoms. The number of carboxylic acid groups (broad SMARTS) is 1. The molecule has 0 fully saturated rings. The van der Waals surface area contributed by atoms with Gasteiger partial charge in [-0.2, -0.15) is 0 Å². The Morgan fingerprint density at radius 3 is 2.80 bits per heavy atom. The van der Waals surface area contributed by atoms with E-state index in [4.69, 9.17) is 4.74 Å². The summed E-state index contributed by atoms with van der Waals surface area (Å²) in [5.74, 6) is -0.279. The topological polar surface area (TPSA) is 75.2 Å². The van der Waals surface area contributed by atoms with E-state index in [0.717, 1.165) is 33.1 Å². The van der Waals surface area contributed by atoms with Crippen molar-refractivity contribution in [3.63, 3.8) is 0 Å². The lowest BCUT2D eigenvalue weighted by Gasteiger charge is -2.07. The molecule has 0 aliphatic heterocycles. The van der Waals surface area contributed by atoms with Crippen molar-refractivity contribution < 1.29 is 14.6 Å². The van der Waals surface area contributed by atoms with E-state index in [1.807, 2.05) is 25.1 Å². The molecule has 0 spiro atoms. The first-order chi connectivity index (χ1) is 9.67. The van der Waals surface area contributed by atoms with Crippen molar-refractivity contribution in [1.29, 1.82) is 0 Å². The average molecular weight is 270 g/mol. The lowest BCUT2D eigenvalue weighted by molar-refractivity contribution is 0.0689. The lowest BCUT2D eigenvalue weighted by Crippen LogP contribution is -2.05. The van der Waals surface area contributed by atoms with E-state index in [9.17, 15) is 9.90 Å². The van der Waals surface area contributed by atoms with Crippen molar-refractivity contribution in [3.8, 4) is 5.75 Å². The van der Waals surface area contributed by atoms with Crippen molar-refractivity contribution in [2.75, 3.05) is 7.11 Å². The molecular formula is C15H14N2O3. The van der Waals surface area contributed by atoms with E-state index < -0.39 is 5.97 Å². The van der Waals surface area contributed by atoms with Crippen LogP contribution in [0.2, 0.25) is 0 Å². The number of carboxylic acids is 1. The Morgan fingerprint density at radius 2 is 2.15 bits per heavy atom. The normalized spacial score (nSPS) is 11.1. The minimum atomic E-state index is -1.01. The van der Waals surface area contributed by atoms with Crippen LogP contribution in [0.15, 0.2) is 24.4 Å². The summed E-state index contributed by atoms with van der Waals surface area (Å²) < 4.78 is 5.41. The number of nitrogens with one attached hydrogen (secondary N) is 1. The molecule has 0 radical (unpaired) electrons. The summed E-state index contributed by atoms with van der Waals surface area (Å²) in [5, 5.41) is 11.1. The van der Waals surface area contributed by atoms with Crippen LogP contribution in [0, 0.1) is 0 Å². The fraction of sp³-hybridized carbons (Fsp3) is 0.200. The van der Waals surface area contributed by atoms with E-state index in [1.54, 1.807) is 13.3 Å². The Balaban J connectivity index is 2.54. The fourth-order valence-electron chi connectivity index (χ4n) is 2.67. The number of nitrogens with zero attached hydrogens (tertiary/aromatic N) is 1. The lowest BCUT2D eigenvalue weighted by atomic mass is 10.0. The fourth-order valence-corrected chi connectivity index (χ4v) is 2.67. The quantitative estimate of drug-likeness (QED) is 0.767. The van der Waals surface area contributed by atoms with Gasteiger partial charge in [-0.15, -0.1) is 0 Å². The maximum atomic E-state index is 11.3. The van der Waals surface area contributed by atoms with Crippen LogP contribution in [-0.4, -0.2) is 28.2 Å². The second kappa shape index (κ2) is 4.52. The van der Waals surface area contributed by atoms with Gasteiger partial charge in [-0.05, 0) is 24.1 Å². The van der Waals surface area contributed by atoms with E-state index in [1.165, 1.54) is 0 Å². The number of benzene rings is 1. The highest BCUT2D eigenvalue weighted by atomic mass is 16.5. The number of aromatic carboxylic acids is 1. The molecule has 0 saturated carbocycles. The highest BCUT2D eigenvalue weighted by Crippen LogP contribution is 2.35. The van der Waals surface area contributed by atoms with Crippen molar-refractivity contribution in [3.05, 3.63) is 35.7 Å². The smallest absolute Gasteiger partial charge is 0.354 e. The number of hydrogen-bond acceptors (Lipinski definition) is 3. The summed E-state index contributed by atoms with van der Waals surface area (Å²) in [6.45, 7) is 1.93. The number of aromatic amines is 1. The minimum Gasteiger partial charge on any atom is -0.496 e. The second-order valence-corrected chi connectivity index (χ2v) is 4.54. The molecule has 102 valence electrons. The number of rotatable bonds is 3. The molecule has 1 aromatic carbocycles. The standard InChI is InChI=1S/C15H14N2O3/c1-3-8-12-10(7-16-14(8)15(18)19)17-9-5-4-6-11(20-2)13(9)12/h4-7,17H,3H2,1-2H3,(H,18,19). The molecule has 0 unspecified atom stereocenters. The highest BCUT2D eigenvalue weighted by Gasteiger charge is 2.19. The van der Waals surface area contributed by atoms with Crippen molar-refractivity contribution in [1.82, 2.24) is 9.97 Å². The molecule has 2 aromatic heterocycles. The third-order valence-corrected chi connectivity index (χ3v) is 3.50. The van der Waals surface area contributed by atoms with Crippen molar-refractivity contribution in [2.24, 2.45) is 0 Å². The third-order valence-electron chi connectivity index (χ3n) is 3.50. The van der Waals surface area contributed by atoms with Crippen LogP contribution in [-0.2, 0) is 6.42 Å². The third kappa shape index (κ3) is 1.63. The van der Waals surface area contributed by atoms with Gasteiger partial charge < -0.3 is 14.8 Å². The molecule has 2 heterocycles. The molecule has 2 N–H and O–H groups in total. The molecule has 0 atom stereocenters. The Bertz CT molecular complexity index is 821. The van der Waals surface area contributed by atoms with E-state index in [2.05, 4.69) is 9.97 Å². The van der Waals surface area contributed by atoms with Crippen molar-refractivity contribution in [2.45, 2.75) is 13.3 Å². The first-order valence-corrected chi connectivity index (χ1v) is 6.37. The number of methoxy groups -OCH3 is 1. The number of pyridine rings is 1. The average Bonchev–Trinajstić information content (AvgIpc) is 2.84. The minimum absolute atomic E-state index is 0.104. The zero-order valence-electron chi connectivity index (χ0n) is 11.2. The van der Waals surface area contributed by atoms with E-state index in [-0.39, 0.29) is 5.69 Å². The second-order valence-electron chi connectivity index (χ2n) is 4.54. The summed E-state index contributed by atoms with van der Waals surface area (Å²) in [4.78, 5) is 18.6. The van der Waals surface area contributed by atoms with E-state index in [0.29, 0.717) is 6.42 Å². The summed E-state index contributed by atoms with van der Waals surface area (Å²) in [6, 6.07) is 5.71. The number of H-pyrrole nitrogens is 1. The molecule has 0 saturated heterocycles. The van der Waals surface area contributed by atoms with Crippen molar-refractivity contribution >= 4 is 27.8 Å². The Kier molecular flexibility index (Phi) is 2.82. The van der Waals surface area contributed by atoms with Gasteiger partial charge in [-0.3, -0.25) is 0 Å². The van der Waals surface area contributed by atoms with Gasteiger partial charge in [0.1, 0.15) is 5.75 Å². The van der Waals surface area contributed by atoms with Gasteiger partial charge in [0.05, 0.1) is 24.3 Å². The maximum absolute atomic E-state index is 11.3. The van der Waals surface area contributed by atoms with Gasteiger partial charge in [-0.1, -0.05) is 13.0 Å². The highest BCUT2D eigenvalue weighted by molar-refractivity contribution is 6.13. The summed E-state index contributed by atoms with van der Waals surface area (Å²) in [6.07, 6.45) is 2.16. The van der Waals surface area contributed by atoms with Gasteiger partial charge in [0, 0.05) is 10.8 Å². The number of fused-ring (bicyclic) bond motifs is 3. The Hall–Kier alpha value is -2.56. The number of carbonyl (C=O) groups is 1. The zero-order valence-corrected chi connectivity index (χ0v) is 11.2. The molecule has 20 heavy (non-hydrogen) atoms. The summed E-state index contributed by atoms with van der Waals surface area (Å²) in [7, 11) is 1.61. The SMILES string of the molecule is CCc1c(C(=O)O)ncc2[nH]c3cccc(OC)c3c12. The first-order valence-electron chi connectivity index (χ1n) is 6.37. The predicted octanol–water partition coefficient (Wildman–Crippen LogP) is 2.99. The van der Waals surface area contributed by atoms with Crippen LogP contribution >= 0.6 is 0 Å². The number of aromatic nitrogens is 2. The first kappa shape index (κ1) is 12.5. The monoisotopic (exact) mass is 270 g/mol. The number of aryl methyl sites for hydroxylation is 1. The summed E-state index contributed by atoms with van der Waals surface area (Å²) >= 11 is 0. The largest absolute Gasteiger partial charge is 0.496 e. The molecule has 3 rings (SSSR count). The van der Waals surface area contributed by atoms with Crippen LogP contribution in [0.3, 0.4) is 0 Å². The van der Waals surface area contributed by atoms with Gasteiger partial charge >= 0.3 is 5.97 Å². The number of ether oxygens (including phenoxy) is 1. The van der Waals surface area contributed by atoms with Gasteiger partial charge in [-0.25, -0.2) is 9.78 Å².